The van der Waals surface area contributed by atoms with Crippen molar-refractivity contribution in [3.8, 4) is 5.75 Å². The lowest BCUT2D eigenvalue weighted by Crippen LogP contribution is -2.11. The molecule has 1 rings (SSSR count). The molecule has 7 nitrogen and oxygen atoms in total. The molecule has 1 aromatic rings. The average molecular weight is 390 g/mol. The highest BCUT2D eigenvalue weighted by Crippen LogP contribution is 2.14. The Labute approximate surface area is 164 Å². The van der Waals surface area contributed by atoms with Crippen LogP contribution in [0, 0.1) is 0 Å². The molecule has 0 unspecified atom stereocenters. The molecule has 0 saturated carbocycles. The first kappa shape index (κ1) is 23.1. The zero-order chi connectivity index (χ0) is 20.8. The van der Waals surface area contributed by atoms with Crippen molar-refractivity contribution in [2.45, 2.75) is 45.4 Å². The van der Waals surface area contributed by atoms with Crippen LogP contribution in [-0.2, 0) is 23.9 Å². The zero-order valence-electron chi connectivity index (χ0n) is 16.1. The first-order valence-electron chi connectivity index (χ1n) is 9.25. The van der Waals surface area contributed by atoms with E-state index < -0.39 is 17.9 Å². The van der Waals surface area contributed by atoms with Gasteiger partial charge in [0.2, 0.25) is 0 Å². The Morgan fingerprint density at radius 1 is 0.893 bits per heavy atom. The van der Waals surface area contributed by atoms with E-state index in [-0.39, 0.29) is 31.8 Å². The van der Waals surface area contributed by atoms with E-state index in [4.69, 9.17) is 14.2 Å². The molecule has 0 spiro atoms. The highest BCUT2D eigenvalue weighted by atomic mass is 16.5. The van der Waals surface area contributed by atoms with Crippen LogP contribution in [0.15, 0.2) is 36.9 Å². The first-order valence-corrected chi connectivity index (χ1v) is 9.25. The molecule has 0 bridgehead atoms. The fraction of sp³-hybridized carbons (Fsp3) is 0.429. The molecule has 7 heteroatoms. The topological polar surface area (TPSA) is 96.0 Å². The van der Waals surface area contributed by atoms with E-state index in [1.807, 2.05) is 0 Å². The van der Waals surface area contributed by atoms with E-state index in [0.29, 0.717) is 37.0 Å². The minimum atomic E-state index is -0.478. The standard InChI is InChI=1S/C21H26O7/c1-3-18(22)16-10-12-17(13-11-16)28-21(25)9-7-8-20(24)27-15-6-5-14-26-19(23)4-2/h4,10-13H,2-3,5-9,14-15H2,1H3. The maximum Gasteiger partial charge on any atom is 0.330 e. The van der Waals surface area contributed by atoms with Crippen LogP contribution in [0.25, 0.3) is 0 Å². The lowest BCUT2D eigenvalue weighted by atomic mass is 10.1. The van der Waals surface area contributed by atoms with Gasteiger partial charge in [-0.2, -0.15) is 0 Å². The number of esters is 3. The van der Waals surface area contributed by atoms with E-state index in [1.165, 1.54) is 0 Å². The number of Topliss-reactive ketones (excluding diaryl/α,β-unsaturated/α-hetero) is 1. The second-order valence-electron chi connectivity index (χ2n) is 5.93. The molecule has 0 atom stereocenters. The fourth-order valence-electron chi connectivity index (χ4n) is 2.17. The summed E-state index contributed by atoms with van der Waals surface area (Å²) in [4.78, 5) is 45.7. The Morgan fingerprint density at radius 3 is 2.11 bits per heavy atom. The normalized spacial score (nSPS) is 10.0. The van der Waals surface area contributed by atoms with Gasteiger partial charge in [0.25, 0.3) is 0 Å². The highest BCUT2D eigenvalue weighted by Gasteiger charge is 2.09. The van der Waals surface area contributed by atoms with Crippen LogP contribution >= 0.6 is 0 Å². The summed E-state index contributed by atoms with van der Waals surface area (Å²) >= 11 is 0. The molecule has 0 saturated heterocycles. The predicted octanol–water partition coefficient (Wildman–Crippen LogP) is 3.41. The molecule has 0 amide bonds. The molecular formula is C21H26O7. The van der Waals surface area contributed by atoms with Crippen LogP contribution in [-0.4, -0.2) is 36.9 Å². The average Bonchev–Trinajstić information content (AvgIpc) is 2.70. The van der Waals surface area contributed by atoms with Gasteiger partial charge in [-0.15, -0.1) is 0 Å². The fourth-order valence-corrected chi connectivity index (χ4v) is 2.17. The van der Waals surface area contributed by atoms with Crippen molar-refractivity contribution >= 4 is 23.7 Å². The lowest BCUT2D eigenvalue weighted by molar-refractivity contribution is -0.145. The summed E-state index contributed by atoms with van der Waals surface area (Å²) in [6, 6.07) is 6.37. The number of hydrogen-bond acceptors (Lipinski definition) is 7. The number of ether oxygens (including phenoxy) is 3. The Hall–Kier alpha value is -2.96. The lowest BCUT2D eigenvalue weighted by Gasteiger charge is -2.06. The summed E-state index contributed by atoms with van der Waals surface area (Å²) < 4.78 is 15.0. The highest BCUT2D eigenvalue weighted by molar-refractivity contribution is 5.95. The molecule has 152 valence electrons. The van der Waals surface area contributed by atoms with Gasteiger partial charge in [-0.05, 0) is 43.5 Å². The van der Waals surface area contributed by atoms with Crippen LogP contribution in [0.1, 0.15) is 55.8 Å². The van der Waals surface area contributed by atoms with Crippen LogP contribution in [0.2, 0.25) is 0 Å². The van der Waals surface area contributed by atoms with Crippen LogP contribution < -0.4 is 4.74 Å². The molecule has 0 aliphatic rings. The molecule has 1 aromatic carbocycles. The van der Waals surface area contributed by atoms with Gasteiger partial charge < -0.3 is 14.2 Å². The third kappa shape index (κ3) is 9.66. The first-order chi connectivity index (χ1) is 13.5. The van der Waals surface area contributed by atoms with Gasteiger partial charge in [0.05, 0.1) is 13.2 Å². The molecule has 28 heavy (non-hydrogen) atoms. The minimum absolute atomic E-state index is 0.0224. The van der Waals surface area contributed by atoms with Crippen molar-refractivity contribution < 1.29 is 33.4 Å². The summed E-state index contributed by atoms with van der Waals surface area (Å²) in [5.74, 6) is -0.939. The smallest absolute Gasteiger partial charge is 0.330 e. The van der Waals surface area contributed by atoms with Crippen molar-refractivity contribution in [2.24, 2.45) is 0 Å². The van der Waals surface area contributed by atoms with E-state index in [0.717, 1.165) is 6.08 Å². The monoisotopic (exact) mass is 390 g/mol. The number of ketones is 1. The number of unbranched alkanes of at least 4 members (excludes halogenated alkanes) is 1. The molecule has 0 heterocycles. The predicted molar refractivity (Wildman–Crippen MR) is 102 cm³/mol. The molecular weight excluding hydrogens is 364 g/mol. The van der Waals surface area contributed by atoms with E-state index in [9.17, 15) is 19.2 Å². The Bertz CT molecular complexity index is 676. The number of hydrogen-bond donors (Lipinski definition) is 0. The number of carbonyl (C=O) groups is 4. The van der Waals surface area contributed by atoms with E-state index in [2.05, 4.69) is 6.58 Å². The Balaban J connectivity index is 2.13. The van der Waals surface area contributed by atoms with Crippen molar-refractivity contribution in [2.75, 3.05) is 13.2 Å². The molecule has 0 aromatic heterocycles. The third-order valence-corrected chi connectivity index (χ3v) is 3.70. The summed E-state index contributed by atoms with van der Waals surface area (Å²) in [6.45, 7) is 5.55. The maximum absolute atomic E-state index is 11.8. The number of carbonyl (C=O) groups excluding carboxylic acids is 4. The summed E-state index contributed by atoms with van der Waals surface area (Å²) in [5.41, 5.74) is 0.573. The van der Waals surface area contributed by atoms with Crippen molar-refractivity contribution in [1.82, 2.24) is 0 Å². The SMILES string of the molecule is C=CC(=O)OCCCCOC(=O)CCCC(=O)Oc1ccc(C(=O)CC)cc1. The van der Waals surface area contributed by atoms with E-state index in [1.54, 1.807) is 31.2 Å². The van der Waals surface area contributed by atoms with Gasteiger partial charge in [0, 0.05) is 30.9 Å². The summed E-state index contributed by atoms with van der Waals surface area (Å²) in [7, 11) is 0. The second kappa shape index (κ2) is 13.2. The van der Waals surface area contributed by atoms with Crippen LogP contribution in [0.3, 0.4) is 0 Å². The van der Waals surface area contributed by atoms with Gasteiger partial charge in [-0.3, -0.25) is 14.4 Å². The minimum Gasteiger partial charge on any atom is -0.466 e. The third-order valence-electron chi connectivity index (χ3n) is 3.70. The Kier molecular flexibility index (Phi) is 10.9. The molecule has 0 aliphatic carbocycles. The molecule has 0 aliphatic heterocycles. The van der Waals surface area contributed by atoms with Crippen molar-refractivity contribution in [3.63, 3.8) is 0 Å². The van der Waals surface area contributed by atoms with Crippen LogP contribution in [0.4, 0.5) is 0 Å². The quantitative estimate of drug-likeness (QED) is 0.167. The summed E-state index contributed by atoms with van der Waals surface area (Å²) in [5, 5.41) is 0. The molecule has 0 N–H and O–H groups in total. The maximum atomic E-state index is 11.8. The van der Waals surface area contributed by atoms with Gasteiger partial charge >= 0.3 is 17.9 Å². The zero-order valence-corrected chi connectivity index (χ0v) is 16.1. The molecule has 0 radical (unpaired) electrons. The van der Waals surface area contributed by atoms with Crippen LogP contribution in [0.5, 0.6) is 5.75 Å². The molecule has 0 fully saturated rings. The number of rotatable bonds is 13. The van der Waals surface area contributed by atoms with Gasteiger partial charge in [0.15, 0.2) is 5.78 Å². The Morgan fingerprint density at radius 2 is 1.50 bits per heavy atom. The number of benzene rings is 1. The van der Waals surface area contributed by atoms with Crippen molar-refractivity contribution in [3.05, 3.63) is 42.5 Å². The van der Waals surface area contributed by atoms with Gasteiger partial charge in [0.1, 0.15) is 5.75 Å². The van der Waals surface area contributed by atoms with Gasteiger partial charge in [-0.25, -0.2) is 4.79 Å². The van der Waals surface area contributed by atoms with E-state index >= 15 is 0 Å². The summed E-state index contributed by atoms with van der Waals surface area (Å²) in [6.07, 6.45) is 3.19. The van der Waals surface area contributed by atoms with Gasteiger partial charge in [-0.1, -0.05) is 13.5 Å². The second-order valence-corrected chi connectivity index (χ2v) is 5.93. The largest absolute Gasteiger partial charge is 0.466 e. The van der Waals surface area contributed by atoms with Crippen molar-refractivity contribution in [1.29, 1.82) is 0 Å².